The predicted octanol–water partition coefficient (Wildman–Crippen LogP) is 3.24. The van der Waals surface area contributed by atoms with Crippen LogP contribution in [0.2, 0.25) is 0 Å². The van der Waals surface area contributed by atoms with Crippen LogP contribution in [-0.2, 0) is 0 Å². The van der Waals surface area contributed by atoms with Crippen LogP contribution in [0.3, 0.4) is 0 Å². The molecule has 0 saturated heterocycles. The standard InChI is InChI=1S/C13H20BrNO2/c1-9(12-6-7-13(14)17-12)15-8-10-2-4-11(16)5-3-10/h6-7,9-11,15-16H,2-5,8H2,1H3. The number of rotatable bonds is 4. The molecule has 1 aliphatic carbocycles. The first kappa shape index (κ1) is 13.1. The van der Waals surface area contributed by atoms with Gasteiger partial charge in [-0.05, 0) is 73.1 Å². The highest BCUT2D eigenvalue weighted by atomic mass is 79.9. The normalized spacial score (nSPS) is 27.0. The van der Waals surface area contributed by atoms with Crippen molar-refractivity contribution in [2.45, 2.75) is 44.8 Å². The van der Waals surface area contributed by atoms with E-state index in [1.165, 1.54) is 0 Å². The average molecular weight is 302 g/mol. The van der Waals surface area contributed by atoms with Crippen molar-refractivity contribution in [1.29, 1.82) is 0 Å². The summed E-state index contributed by atoms with van der Waals surface area (Å²) in [5, 5.41) is 12.9. The quantitative estimate of drug-likeness (QED) is 0.897. The first-order valence-electron chi connectivity index (χ1n) is 6.32. The second kappa shape index (κ2) is 6.03. The number of hydrogen-bond acceptors (Lipinski definition) is 3. The minimum absolute atomic E-state index is 0.0651. The Bertz CT molecular complexity index is 345. The van der Waals surface area contributed by atoms with E-state index in [2.05, 4.69) is 28.2 Å². The van der Waals surface area contributed by atoms with E-state index in [1.807, 2.05) is 12.1 Å². The molecule has 1 fully saturated rings. The summed E-state index contributed by atoms with van der Waals surface area (Å²) in [6.07, 6.45) is 4.09. The molecule has 0 bridgehead atoms. The van der Waals surface area contributed by atoms with Crippen molar-refractivity contribution in [3.05, 3.63) is 22.6 Å². The highest BCUT2D eigenvalue weighted by molar-refractivity contribution is 9.10. The molecule has 0 spiro atoms. The fourth-order valence-corrected chi connectivity index (χ4v) is 2.67. The van der Waals surface area contributed by atoms with Gasteiger partial charge in [-0.2, -0.15) is 0 Å². The Morgan fingerprint density at radius 2 is 2.12 bits per heavy atom. The number of aliphatic hydroxyl groups is 1. The van der Waals surface area contributed by atoms with Crippen molar-refractivity contribution >= 4 is 15.9 Å². The maximum absolute atomic E-state index is 9.44. The van der Waals surface area contributed by atoms with Crippen LogP contribution in [0.15, 0.2) is 21.2 Å². The molecule has 0 aromatic carbocycles. The van der Waals surface area contributed by atoms with Crippen molar-refractivity contribution < 1.29 is 9.52 Å². The van der Waals surface area contributed by atoms with Crippen LogP contribution in [0.4, 0.5) is 0 Å². The Kier molecular flexibility index (Phi) is 4.65. The highest BCUT2D eigenvalue weighted by Crippen LogP contribution is 2.25. The van der Waals surface area contributed by atoms with Crippen molar-refractivity contribution in [3.8, 4) is 0 Å². The molecule has 0 amide bonds. The molecule has 2 rings (SSSR count). The van der Waals surface area contributed by atoms with E-state index in [-0.39, 0.29) is 12.1 Å². The smallest absolute Gasteiger partial charge is 0.169 e. The van der Waals surface area contributed by atoms with Gasteiger partial charge in [0.2, 0.25) is 0 Å². The lowest BCUT2D eigenvalue weighted by Gasteiger charge is -2.26. The second-order valence-corrected chi connectivity index (χ2v) is 5.73. The summed E-state index contributed by atoms with van der Waals surface area (Å²) in [4.78, 5) is 0. The van der Waals surface area contributed by atoms with Crippen LogP contribution in [-0.4, -0.2) is 17.8 Å². The molecule has 17 heavy (non-hydrogen) atoms. The Labute approximate surface area is 111 Å². The van der Waals surface area contributed by atoms with E-state index in [0.717, 1.165) is 42.7 Å². The lowest BCUT2D eigenvalue weighted by Crippen LogP contribution is -2.29. The first-order chi connectivity index (χ1) is 8.15. The molecular weight excluding hydrogens is 282 g/mol. The van der Waals surface area contributed by atoms with Gasteiger partial charge in [0, 0.05) is 0 Å². The van der Waals surface area contributed by atoms with Gasteiger partial charge < -0.3 is 14.8 Å². The van der Waals surface area contributed by atoms with E-state index in [4.69, 9.17) is 4.42 Å². The predicted molar refractivity (Wildman–Crippen MR) is 70.8 cm³/mol. The van der Waals surface area contributed by atoms with E-state index in [1.54, 1.807) is 0 Å². The van der Waals surface area contributed by atoms with Gasteiger partial charge in [0.25, 0.3) is 0 Å². The third kappa shape index (κ3) is 3.83. The van der Waals surface area contributed by atoms with Crippen LogP contribution in [0.25, 0.3) is 0 Å². The van der Waals surface area contributed by atoms with Crippen LogP contribution < -0.4 is 5.32 Å². The number of aliphatic hydroxyl groups excluding tert-OH is 1. The summed E-state index contributed by atoms with van der Waals surface area (Å²) in [6.45, 7) is 3.12. The number of halogens is 1. The first-order valence-corrected chi connectivity index (χ1v) is 7.11. The van der Waals surface area contributed by atoms with Crippen LogP contribution in [0.5, 0.6) is 0 Å². The zero-order chi connectivity index (χ0) is 12.3. The SMILES string of the molecule is CC(NCC1CCC(O)CC1)c1ccc(Br)o1. The third-order valence-electron chi connectivity index (χ3n) is 3.55. The van der Waals surface area contributed by atoms with Gasteiger partial charge in [-0.1, -0.05) is 0 Å². The summed E-state index contributed by atoms with van der Waals surface area (Å²) in [7, 11) is 0. The summed E-state index contributed by atoms with van der Waals surface area (Å²) in [5.41, 5.74) is 0. The molecule has 1 heterocycles. The highest BCUT2D eigenvalue weighted by Gasteiger charge is 2.20. The molecule has 1 aromatic rings. The Balaban J connectivity index is 1.74. The molecule has 2 N–H and O–H groups in total. The van der Waals surface area contributed by atoms with Crippen molar-refractivity contribution in [3.63, 3.8) is 0 Å². The molecule has 3 nitrogen and oxygen atoms in total. The molecular formula is C13H20BrNO2. The van der Waals surface area contributed by atoms with Gasteiger partial charge in [-0.3, -0.25) is 0 Å². The minimum atomic E-state index is -0.0651. The molecule has 1 aromatic heterocycles. The van der Waals surface area contributed by atoms with E-state index >= 15 is 0 Å². The maximum Gasteiger partial charge on any atom is 0.169 e. The zero-order valence-corrected chi connectivity index (χ0v) is 11.7. The largest absolute Gasteiger partial charge is 0.453 e. The molecule has 1 saturated carbocycles. The Hall–Kier alpha value is -0.320. The molecule has 4 heteroatoms. The minimum Gasteiger partial charge on any atom is -0.453 e. The number of furan rings is 1. The van der Waals surface area contributed by atoms with Crippen LogP contribution >= 0.6 is 15.9 Å². The number of hydrogen-bond donors (Lipinski definition) is 2. The monoisotopic (exact) mass is 301 g/mol. The van der Waals surface area contributed by atoms with Gasteiger partial charge >= 0.3 is 0 Å². The van der Waals surface area contributed by atoms with Crippen molar-refractivity contribution in [2.75, 3.05) is 6.54 Å². The maximum atomic E-state index is 9.44. The fraction of sp³-hybridized carbons (Fsp3) is 0.692. The average Bonchev–Trinajstić information content (AvgIpc) is 2.75. The Morgan fingerprint density at radius 3 is 2.71 bits per heavy atom. The summed E-state index contributed by atoms with van der Waals surface area (Å²) in [5.74, 6) is 1.66. The lowest BCUT2D eigenvalue weighted by atomic mass is 9.87. The van der Waals surface area contributed by atoms with Gasteiger partial charge in [-0.25, -0.2) is 0 Å². The summed E-state index contributed by atoms with van der Waals surface area (Å²) in [6, 6.07) is 4.16. The van der Waals surface area contributed by atoms with E-state index < -0.39 is 0 Å². The molecule has 0 radical (unpaired) electrons. The molecule has 96 valence electrons. The van der Waals surface area contributed by atoms with Crippen molar-refractivity contribution in [2.24, 2.45) is 5.92 Å². The lowest BCUT2D eigenvalue weighted by molar-refractivity contribution is 0.107. The van der Waals surface area contributed by atoms with Gasteiger partial charge in [0.15, 0.2) is 4.67 Å². The van der Waals surface area contributed by atoms with Crippen LogP contribution in [0, 0.1) is 5.92 Å². The van der Waals surface area contributed by atoms with E-state index in [9.17, 15) is 5.11 Å². The topological polar surface area (TPSA) is 45.4 Å². The van der Waals surface area contributed by atoms with E-state index in [0.29, 0.717) is 5.92 Å². The molecule has 1 atom stereocenters. The van der Waals surface area contributed by atoms with Crippen molar-refractivity contribution in [1.82, 2.24) is 5.32 Å². The Morgan fingerprint density at radius 1 is 1.41 bits per heavy atom. The zero-order valence-electron chi connectivity index (χ0n) is 10.2. The molecule has 0 aliphatic heterocycles. The van der Waals surface area contributed by atoms with Gasteiger partial charge in [0.1, 0.15) is 5.76 Å². The van der Waals surface area contributed by atoms with Gasteiger partial charge in [-0.15, -0.1) is 0 Å². The van der Waals surface area contributed by atoms with Crippen LogP contribution in [0.1, 0.15) is 44.4 Å². The second-order valence-electron chi connectivity index (χ2n) is 4.95. The van der Waals surface area contributed by atoms with Gasteiger partial charge in [0.05, 0.1) is 12.1 Å². The fourth-order valence-electron chi connectivity index (χ4n) is 2.35. The summed E-state index contributed by atoms with van der Waals surface area (Å²) >= 11 is 3.31. The number of nitrogens with one attached hydrogen (secondary N) is 1. The third-order valence-corrected chi connectivity index (χ3v) is 3.98. The molecule has 1 unspecified atom stereocenters. The summed E-state index contributed by atoms with van der Waals surface area (Å²) < 4.78 is 6.30. The molecule has 1 aliphatic rings.